The summed E-state index contributed by atoms with van der Waals surface area (Å²) in [4.78, 5) is 35.8. The van der Waals surface area contributed by atoms with Crippen LogP contribution in [0.15, 0.2) is 36.0 Å². The van der Waals surface area contributed by atoms with E-state index in [0.29, 0.717) is 42.3 Å². The maximum absolute atomic E-state index is 12.9. The van der Waals surface area contributed by atoms with Gasteiger partial charge in [0.05, 0.1) is 12.8 Å². The summed E-state index contributed by atoms with van der Waals surface area (Å²) in [7, 11) is 1.31. The second kappa shape index (κ2) is 9.17. The van der Waals surface area contributed by atoms with Gasteiger partial charge in [0.15, 0.2) is 0 Å². The Morgan fingerprint density at radius 2 is 1.91 bits per heavy atom. The summed E-state index contributed by atoms with van der Waals surface area (Å²) in [5.74, 6) is -0.633. The van der Waals surface area contributed by atoms with Gasteiger partial charge in [-0.15, -0.1) is 11.3 Å². The number of hydrogen-bond acceptors (Lipinski definition) is 8. The Labute approximate surface area is 190 Å². The van der Waals surface area contributed by atoms with Gasteiger partial charge < -0.3 is 14.5 Å². The number of rotatable bonds is 5. The van der Waals surface area contributed by atoms with Crippen molar-refractivity contribution in [2.75, 3.05) is 38.2 Å². The van der Waals surface area contributed by atoms with Crippen LogP contribution < -0.4 is 4.90 Å². The molecule has 33 heavy (non-hydrogen) atoms. The van der Waals surface area contributed by atoms with Crippen LogP contribution in [0.25, 0.3) is 11.3 Å². The lowest BCUT2D eigenvalue weighted by Crippen LogP contribution is -2.50. The second-order valence-corrected chi connectivity index (χ2v) is 8.08. The molecule has 174 valence electrons. The van der Waals surface area contributed by atoms with Gasteiger partial charge in [0.2, 0.25) is 11.9 Å². The Hall–Kier alpha value is -3.48. The molecule has 0 spiro atoms. The van der Waals surface area contributed by atoms with Crippen molar-refractivity contribution < 1.29 is 27.5 Å². The molecule has 0 N–H and O–H groups in total. The van der Waals surface area contributed by atoms with Gasteiger partial charge in [0.25, 0.3) is 0 Å². The van der Waals surface area contributed by atoms with Gasteiger partial charge in [-0.05, 0) is 23.6 Å². The van der Waals surface area contributed by atoms with E-state index in [1.807, 2.05) is 0 Å². The summed E-state index contributed by atoms with van der Waals surface area (Å²) in [6.45, 7) is 1.27. The van der Waals surface area contributed by atoms with Gasteiger partial charge in [-0.2, -0.15) is 18.3 Å². The zero-order chi connectivity index (χ0) is 23.6. The highest BCUT2D eigenvalue weighted by molar-refractivity contribution is 7.12. The van der Waals surface area contributed by atoms with Gasteiger partial charge >= 0.3 is 12.1 Å². The Bertz CT molecular complexity index is 1150. The van der Waals surface area contributed by atoms with Crippen molar-refractivity contribution in [1.82, 2.24) is 24.6 Å². The number of halogens is 3. The fourth-order valence-electron chi connectivity index (χ4n) is 3.41. The predicted molar refractivity (Wildman–Crippen MR) is 113 cm³/mol. The summed E-state index contributed by atoms with van der Waals surface area (Å²) in [6, 6.07) is 4.30. The number of anilines is 1. The zero-order valence-electron chi connectivity index (χ0n) is 17.4. The predicted octanol–water partition coefficient (Wildman–Crippen LogP) is 2.56. The molecule has 0 aliphatic carbocycles. The Kier molecular flexibility index (Phi) is 6.31. The number of esters is 1. The third-order valence-corrected chi connectivity index (χ3v) is 5.99. The van der Waals surface area contributed by atoms with Crippen molar-refractivity contribution in [2.45, 2.75) is 12.7 Å². The first-order valence-electron chi connectivity index (χ1n) is 9.89. The molecule has 1 saturated heterocycles. The van der Waals surface area contributed by atoms with E-state index in [2.05, 4.69) is 15.1 Å². The number of alkyl halides is 3. The molecule has 1 aliphatic rings. The Morgan fingerprint density at radius 1 is 1.15 bits per heavy atom. The third-order valence-electron chi connectivity index (χ3n) is 5.10. The van der Waals surface area contributed by atoms with Crippen LogP contribution >= 0.6 is 11.3 Å². The summed E-state index contributed by atoms with van der Waals surface area (Å²) in [5, 5.41) is 6.15. The molecule has 1 fully saturated rings. The van der Waals surface area contributed by atoms with Crippen molar-refractivity contribution >= 4 is 29.2 Å². The standard InChI is InChI=1S/C20H19F3N6O3S/c1-32-18(31)17-13(4-11-33-17)14-3-6-29(26-14)12-16(30)27-7-9-28(10-8-27)19-24-5-2-15(25-19)20(21,22)23/h2-6,11H,7-10,12H2,1H3. The molecule has 0 unspecified atom stereocenters. The molecule has 3 aromatic rings. The van der Waals surface area contributed by atoms with E-state index in [-0.39, 0.29) is 18.4 Å². The molecule has 0 bridgehead atoms. The SMILES string of the molecule is COC(=O)c1sccc1-c1ccn(CC(=O)N2CCN(c3nccc(C(F)(F)F)n3)CC2)n1. The molecule has 3 aromatic heterocycles. The maximum Gasteiger partial charge on any atom is 0.433 e. The number of ether oxygens (including phenoxy) is 1. The minimum atomic E-state index is -4.54. The topological polar surface area (TPSA) is 93.5 Å². The fraction of sp³-hybridized carbons (Fsp3) is 0.350. The first-order chi connectivity index (χ1) is 15.8. The highest BCUT2D eigenvalue weighted by Gasteiger charge is 2.33. The first kappa shape index (κ1) is 22.7. The van der Waals surface area contributed by atoms with Crippen LogP contribution in [0.5, 0.6) is 0 Å². The number of nitrogens with zero attached hydrogens (tertiary/aromatic N) is 6. The maximum atomic E-state index is 12.9. The van der Waals surface area contributed by atoms with Crippen LogP contribution in [0.3, 0.4) is 0 Å². The molecule has 1 amide bonds. The van der Waals surface area contributed by atoms with E-state index in [9.17, 15) is 22.8 Å². The number of hydrogen-bond donors (Lipinski definition) is 0. The molecular weight excluding hydrogens is 461 g/mol. The van der Waals surface area contributed by atoms with Crippen LogP contribution in [-0.4, -0.2) is 69.8 Å². The molecule has 0 radical (unpaired) electrons. The summed E-state index contributed by atoms with van der Waals surface area (Å²) in [6.07, 6.45) is -1.81. The molecule has 4 heterocycles. The molecule has 9 nitrogen and oxygen atoms in total. The van der Waals surface area contributed by atoms with Crippen molar-refractivity contribution in [3.63, 3.8) is 0 Å². The largest absolute Gasteiger partial charge is 0.465 e. The van der Waals surface area contributed by atoms with E-state index < -0.39 is 17.8 Å². The van der Waals surface area contributed by atoms with Crippen LogP contribution in [0.4, 0.5) is 19.1 Å². The zero-order valence-corrected chi connectivity index (χ0v) is 18.3. The average Bonchev–Trinajstić information content (AvgIpc) is 3.47. The van der Waals surface area contributed by atoms with Gasteiger partial charge in [0, 0.05) is 44.1 Å². The normalized spacial score (nSPS) is 14.4. The summed E-state index contributed by atoms with van der Waals surface area (Å²) >= 11 is 1.25. The number of aromatic nitrogens is 4. The molecule has 0 atom stereocenters. The minimum absolute atomic E-state index is 0.00223. The average molecular weight is 480 g/mol. The highest BCUT2D eigenvalue weighted by Crippen LogP contribution is 2.29. The van der Waals surface area contributed by atoms with Crippen molar-refractivity contribution in [3.05, 3.63) is 46.5 Å². The third kappa shape index (κ3) is 4.97. The number of carbonyl (C=O) groups excluding carboxylic acids is 2. The van der Waals surface area contributed by atoms with Gasteiger partial charge in [-0.3, -0.25) is 9.48 Å². The lowest BCUT2D eigenvalue weighted by Gasteiger charge is -2.34. The second-order valence-electron chi connectivity index (χ2n) is 7.16. The van der Waals surface area contributed by atoms with E-state index >= 15 is 0 Å². The molecule has 0 saturated carbocycles. The fourth-order valence-corrected chi connectivity index (χ4v) is 4.23. The number of thiophene rings is 1. The van der Waals surface area contributed by atoms with E-state index in [1.54, 1.807) is 33.5 Å². The van der Waals surface area contributed by atoms with Gasteiger partial charge in [-0.1, -0.05) is 0 Å². The monoisotopic (exact) mass is 480 g/mol. The van der Waals surface area contributed by atoms with E-state index in [4.69, 9.17) is 4.74 Å². The van der Waals surface area contributed by atoms with Crippen LogP contribution in [-0.2, 0) is 22.3 Å². The van der Waals surface area contributed by atoms with E-state index in [1.165, 1.54) is 23.1 Å². The molecule has 4 rings (SSSR count). The van der Waals surface area contributed by atoms with Crippen LogP contribution in [0.2, 0.25) is 0 Å². The molecule has 0 aromatic carbocycles. The Balaban J connectivity index is 1.36. The van der Waals surface area contributed by atoms with Gasteiger partial charge in [0.1, 0.15) is 17.1 Å². The van der Waals surface area contributed by atoms with E-state index in [0.717, 1.165) is 12.3 Å². The van der Waals surface area contributed by atoms with Gasteiger partial charge in [-0.25, -0.2) is 14.8 Å². The molecular formula is C20H19F3N6O3S. The summed E-state index contributed by atoms with van der Waals surface area (Å²) in [5.41, 5.74) is 0.185. The van der Waals surface area contributed by atoms with Crippen molar-refractivity contribution in [2.24, 2.45) is 0 Å². The smallest absolute Gasteiger partial charge is 0.433 e. The van der Waals surface area contributed by atoms with Crippen molar-refractivity contribution in [3.8, 4) is 11.3 Å². The lowest BCUT2D eigenvalue weighted by atomic mass is 10.2. The number of carbonyl (C=O) groups is 2. The van der Waals surface area contributed by atoms with Crippen LogP contribution in [0, 0.1) is 0 Å². The first-order valence-corrected chi connectivity index (χ1v) is 10.8. The van der Waals surface area contributed by atoms with Crippen molar-refractivity contribution in [1.29, 1.82) is 0 Å². The lowest BCUT2D eigenvalue weighted by molar-refractivity contribution is -0.141. The van der Waals surface area contributed by atoms with Crippen LogP contribution in [0.1, 0.15) is 15.4 Å². The Morgan fingerprint density at radius 3 is 2.61 bits per heavy atom. The number of methoxy groups -OCH3 is 1. The number of amides is 1. The quantitative estimate of drug-likeness (QED) is 0.518. The number of piperazine rings is 1. The molecule has 13 heteroatoms. The minimum Gasteiger partial charge on any atom is -0.465 e. The molecule has 1 aliphatic heterocycles. The highest BCUT2D eigenvalue weighted by atomic mass is 32.1. The summed E-state index contributed by atoms with van der Waals surface area (Å²) < 4.78 is 44.9.